The second-order valence-electron chi connectivity index (χ2n) is 9.72. The molecular weight excluding hydrogens is 419 g/mol. The van der Waals surface area contributed by atoms with Crippen LogP contribution in [0.3, 0.4) is 0 Å². The Morgan fingerprint density at radius 3 is 1.61 bits per heavy atom. The molecule has 4 aliphatic carbocycles. The van der Waals surface area contributed by atoms with E-state index in [1.165, 1.54) is 107 Å². The van der Waals surface area contributed by atoms with Crippen LogP contribution < -0.4 is 0 Å². The van der Waals surface area contributed by atoms with Crippen LogP contribution in [0.4, 0.5) is 0 Å². The van der Waals surface area contributed by atoms with Crippen LogP contribution in [0.2, 0.25) is 0 Å². The molecule has 1 atom stereocenters. The summed E-state index contributed by atoms with van der Waals surface area (Å²) in [5.74, 6) is 8.04. The number of rotatable bonds is 12. The highest BCUT2D eigenvalue weighted by Crippen LogP contribution is 2.60. The topological polar surface area (TPSA) is 3.24 Å². The highest BCUT2D eigenvalue weighted by atomic mass is 32.2. The van der Waals surface area contributed by atoms with Crippen LogP contribution in [0.1, 0.15) is 89.9 Å². The Labute approximate surface area is 191 Å². The van der Waals surface area contributed by atoms with Crippen LogP contribution in [0.15, 0.2) is 0 Å². The Kier molecular flexibility index (Phi) is 9.09. The van der Waals surface area contributed by atoms with Crippen LogP contribution in [0, 0.1) is 23.7 Å². The Morgan fingerprint density at radius 1 is 0.643 bits per heavy atom. The number of thioether (sulfide) groups is 2. The summed E-state index contributed by atoms with van der Waals surface area (Å²) in [5, 5.41) is 0. The minimum atomic E-state index is 0.332. The Bertz CT molecular complexity index is 456. The molecule has 0 spiro atoms. The molecule has 4 aliphatic rings. The quantitative estimate of drug-likeness (QED) is 0.212. The predicted octanol–water partition coefficient (Wildman–Crippen LogP) is 8.32. The highest BCUT2D eigenvalue weighted by molar-refractivity contribution is 8.21. The molecule has 28 heavy (non-hydrogen) atoms. The van der Waals surface area contributed by atoms with E-state index in [4.69, 9.17) is 0 Å². The van der Waals surface area contributed by atoms with Crippen molar-refractivity contribution in [1.82, 2.24) is 3.71 Å². The first-order valence-electron chi connectivity index (χ1n) is 12.1. The molecule has 5 heteroatoms. The van der Waals surface area contributed by atoms with Gasteiger partial charge in [-0.3, -0.25) is 0 Å². The van der Waals surface area contributed by atoms with E-state index in [1.54, 1.807) is 0 Å². The lowest BCUT2D eigenvalue weighted by molar-refractivity contribution is 0.351. The average molecular weight is 460 g/mol. The van der Waals surface area contributed by atoms with Crippen molar-refractivity contribution in [3.63, 3.8) is 0 Å². The van der Waals surface area contributed by atoms with E-state index < -0.39 is 0 Å². The molecule has 1 nitrogen and oxygen atoms in total. The van der Waals surface area contributed by atoms with Crippen molar-refractivity contribution >= 4 is 47.4 Å². The van der Waals surface area contributed by atoms with E-state index in [0.717, 1.165) is 23.7 Å². The van der Waals surface area contributed by atoms with Crippen LogP contribution in [-0.4, -0.2) is 31.4 Å². The first-order chi connectivity index (χ1) is 13.8. The van der Waals surface area contributed by atoms with Crippen molar-refractivity contribution < 1.29 is 0 Å². The minimum absolute atomic E-state index is 0.332. The van der Waals surface area contributed by atoms with Gasteiger partial charge in [0, 0.05) is 11.5 Å². The lowest BCUT2D eigenvalue weighted by Crippen LogP contribution is -2.39. The Hall–Kier alpha value is 1.36. The number of nitrogens with zero attached hydrogens (tertiary/aromatic N) is 1. The van der Waals surface area contributed by atoms with Crippen molar-refractivity contribution in [2.45, 2.75) is 94.1 Å². The molecule has 0 bridgehead atoms. The molecule has 0 aliphatic heterocycles. The molecule has 4 rings (SSSR count). The molecule has 162 valence electrons. The highest BCUT2D eigenvalue weighted by Gasteiger charge is 2.51. The number of hydrogen-bond donors (Lipinski definition) is 0. The molecule has 0 saturated heterocycles. The molecular formula is C23H41NS4. The molecule has 4 fully saturated rings. The molecule has 4 saturated carbocycles. The summed E-state index contributed by atoms with van der Waals surface area (Å²) in [5.41, 5.74) is 0. The molecule has 0 N–H and O–H groups in total. The van der Waals surface area contributed by atoms with Gasteiger partial charge in [-0.15, -0.1) is 23.5 Å². The fourth-order valence-corrected chi connectivity index (χ4v) is 11.9. The van der Waals surface area contributed by atoms with Gasteiger partial charge in [-0.1, -0.05) is 62.4 Å². The van der Waals surface area contributed by atoms with Gasteiger partial charge in [-0.05, 0) is 87.0 Å². The van der Waals surface area contributed by atoms with E-state index in [9.17, 15) is 0 Å². The summed E-state index contributed by atoms with van der Waals surface area (Å²) in [7, 11) is 0. The van der Waals surface area contributed by atoms with Crippen LogP contribution in [0.25, 0.3) is 0 Å². The minimum Gasteiger partial charge on any atom is -0.168 e. The van der Waals surface area contributed by atoms with Crippen molar-refractivity contribution in [3.05, 3.63) is 0 Å². The SMILES string of the molecule is CSC(SCC1CCC1)(C1CC1)N(SCC1CCCCC1)SCC1CCCC1. The average Bonchev–Trinajstić information content (AvgIpc) is 3.42. The Balaban J connectivity index is 1.40. The van der Waals surface area contributed by atoms with Crippen LogP contribution in [-0.2, 0) is 0 Å². The molecule has 0 heterocycles. The van der Waals surface area contributed by atoms with Crippen LogP contribution in [0.5, 0.6) is 0 Å². The van der Waals surface area contributed by atoms with E-state index in [0.29, 0.717) is 4.20 Å². The van der Waals surface area contributed by atoms with Crippen LogP contribution >= 0.6 is 47.4 Å². The molecule has 1 unspecified atom stereocenters. The summed E-state index contributed by atoms with van der Waals surface area (Å²) in [6.07, 6.45) is 23.1. The van der Waals surface area contributed by atoms with Crippen molar-refractivity contribution in [2.24, 2.45) is 23.7 Å². The summed E-state index contributed by atoms with van der Waals surface area (Å²) in [6.45, 7) is 0. The normalized spacial score (nSPS) is 27.2. The zero-order valence-corrected chi connectivity index (χ0v) is 21.2. The van der Waals surface area contributed by atoms with Gasteiger partial charge in [-0.2, -0.15) is 3.71 Å². The predicted molar refractivity (Wildman–Crippen MR) is 134 cm³/mol. The van der Waals surface area contributed by atoms with E-state index in [-0.39, 0.29) is 0 Å². The zero-order valence-electron chi connectivity index (χ0n) is 17.9. The molecule has 0 aromatic rings. The van der Waals surface area contributed by atoms with Gasteiger partial charge in [-0.25, -0.2) is 0 Å². The van der Waals surface area contributed by atoms with E-state index >= 15 is 0 Å². The third kappa shape index (κ3) is 5.99. The largest absolute Gasteiger partial charge is 0.168 e. The lowest BCUT2D eigenvalue weighted by Gasteiger charge is -2.43. The van der Waals surface area contributed by atoms with Gasteiger partial charge in [0.15, 0.2) is 0 Å². The monoisotopic (exact) mass is 459 g/mol. The third-order valence-electron chi connectivity index (χ3n) is 7.45. The molecule has 0 radical (unpaired) electrons. The maximum absolute atomic E-state index is 2.88. The molecule has 0 aromatic carbocycles. The summed E-state index contributed by atoms with van der Waals surface area (Å²) >= 11 is 9.02. The van der Waals surface area contributed by atoms with Gasteiger partial charge in [0.2, 0.25) is 0 Å². The summed E-state index contributed by atoms with van der Waals surface area (Å²) in [4.78, 5) is 0. The van der Waals surface area contributed by atoms with Crippen molar-refractivity contribution in [1.29, 1.82) is 0 Å². The zero-order chi connectivity index (χ0) is 19.2. The van der Waals surface area contributed by atoms with Gasteiger partial charge in [0.25, 0.3) is 0 Å². The summed E-state index contributed by atoms with van der Waals surface area (Å²) in [6, 6.07) is 0. The van der Waals surface area contributed by atoms with Gasteiger partial charge in [0.1, 0.15) is 4.20 Å². The summed E-state index contributed by atoms with van der Waals surface area (Å²) < 4.78 is 3.21. The third-order valence-corrected chi connectivity index (χ3v) is 14.3. The smallest absolute Gasteiger partial charge is 0.136 e. The Morgan fingerprint density at radius 2 is 1.14 bits per heavy atom. The standard InChI is InChI=1S/C23H41NS4/c1-25-23(22-14-15-22,26-16-19-12-7-13-19)24(28-18-21-10-5-6-11-21)27-17-20-8-3-2-4-9-20/h19-22H,2-18H2,1H3. The molecule has 0 amide bonds. The number of hydrogen-bond acceptors (Lipinski definition) is 5. The first kappa shape index (κ1) is 22.6. The lowest BCUT2D eigenvalue weighted by atomic mass is 9.87. The van der Waals surface area contributed by atoms with E-state index in [1.807, 2.05) is 0 Å². The van der Waals surface area contributed by atoms with Crippen molar-refractivity contribution in [2.75, 3.05) is 23.5 Å². The fraction of sp³-hybridized carbons (Fsp3) is 1.00. The van der Waals surface area contributed by atoms with Crippen molar-refractivity contribution in [3.8, 4) is 0 Å². The first-order valence-corrected chi connectivity index (χ1v) is 16.1. The van der Waals surface area contributed by atoms with E-state index in [2.05, 4.69) is 57.4 Å². The maximum atomic E-state index is 2.88. The van der Waals surface area contributed by atoms with Gasteiger partial charge >= 0.3 is 0 Å². The fourth-order valence-electron chi connectivity index (χ4n) is 5.06. The van der Waals surface area contributed by atoms with Gasteiger partial charge in [0.05, 0.1) is 0 Å². The molecule has 0 aromatic heterocycles. The second kappa shape index (κ2) is 11.3. The maximum Gasteiger partial charge on any atom is 0.136 e. The van der Waals surface area contributed by atoms with Gasteiger partial charge < -0.3 is 0 Å². The second-order valence-corrected chi connectivity index (χ2v) is 14.4.